The smallest absolute Gasteiger partial charge is 0.251 e. The van der Waals surface area contributed by atoms with E-state index in [1.807, 2.05) is 75.6 Å². The standard InChI is InChI=1S/C27H32BrN5O2S/c1-7-12-33-25(23(16(2)3)30-26(35)20-10-8-17(4)9-11-20)31-32-27(33)36-15-22(34)29-24-18(5)13-21(28)14-19(24)6/h7-11,13-14,16,23H,1,12,15H2,2-6H3,(H,29,34)(H,30,35)/t23-/m1/s1. The molecule has 0 saturated heterocycles. The number of aromatic nitrogens is 3. The van der Waals surface area contributed by atoms with Crippen LogP contribution in [-0.4, -0.2) is 32.3 Å². The summed E-state index contributed by atoms with van der Waals surface area (Å²) in [7, 11) is 0. The molecule has 0 fully saturated rings. The summed E-state index contributed by atoms with van der Waals surface area (Å²) >= 11 is 4.79. The Labute approximate surface area is 225 Å². The van der Waals surface area contributed by atoms with E-state index in [-0.39, 0.29) is 29.5 Å². The monoisotopic (exact) mass is 569 g/mol. The van der Waals surface area contributed by atoms with Crippen LogP contribution >= 0.6 is 27.7 Å². The van der Waals surface area contributed by atoms with Gasteiger partial charge in [-0.1, -0.05) is 65.3 Å². The quantitative estimate of drug-likeness (QED) is 0.230. The molecule has 0 aliphatic heterocycles. The van der Waals surface area contributed by atoms with Crippen molar-refractivity contribution in [2.24, 2.45) is 5.92 Å². The predicted molar refractivity (Wildman–Crippen MR) is 149 cm³/mol. The Hall–Kier alpha value is -2.91. The number of rotatable bonds is 10. The number of amides is 2. The van der Waals surface area contributed by atoms with Crippen LogP contribution in [0.1, 0.15) is 52.8 Å². The van der Waals surface area contributed by atoms with E-state index in [0.29, 0.717) is 23.1 Å². The first kappa shape index (κ1) is 27.7. The van der Waals surface area contributed by atoms with Gasteiger partial charge in [-0.25, -0.2) is 0 Å². The van der Waals surface area contributed by atoms with Crippen LogP contribution in [-0.2, 0) is 11.3 Å². The second-order valence-corrected chi connectivity index (χ2v) is 10.9. The van der Waals surface area contributed by atoms with Crippen molar-refractivity contribution in [3.63, 3.8) is 0 Å². The summed E-state index contributed by atoms with van der Waals surface area (Å²) in [5.41, 5.74) is 4.47. The first-order chi connectivity index (χ1) is 17.1. The van der Waals surface area contributed by atoms with Crippen LogP contribution in [0.3, 0.4) is 0 Å². The number of benzene rings is 2. The number of halogens is 1. The van der Waals surface area contributed by atoms with Gasteiger partial charge in [0.1, 0.15) is 0 Å². The molecule has 2 aromatic carbocycles. The van der Waals surface area contributed by atoms with Gasteiger partial charge in [-0.05, 0) is 62.1 Å². The SMILES string of the molecule is C=CCn1c(SCC(=O)Nc2c(C)cc(Br)cc2C)nnc1[C@H](NC(=O)c1ccc(C)cc1)C(C)C. The molecule has 3 rings (SSSR count). The molecule has 3 aromatic rings. The lowest BCUT2D eigenvalue weighted by molar-refractivity contribution is -0.113. The molecule has 0 aliphatic rings. The summed E-state index contributed by atoms with van der Waals surface area (Å²) in [5.74, 6) is 0.572. The third kappa shape index (κ3) is 6.85. The number of carbonyl (C=O) groups excluding carboxylic acids is 2. The number of nitrogens with one attached hydrogen (secondary N) is 2. The minimum atomic E-state index is -0.359. The van der Waals surface area contributed by atoms with Gasteiger partial charge in [0.05, 0.1) is 11.8 Å². The van der Waals surface area contributed by atoms with E-state index in [1.54, 1.807) is 6.08 Å². The highest BCUT2D eigenvalue weighted by Crippen LogP contribution is 2.28. The zero-order chi connectivity index (χ0) is 26.4. The Bertz CT molecular complexity index is 1230. The van der Waals surface area contributed by atoms with Crippen molar-refractivity contribution in [3.8, 4) is 0 Å². The summed E-state index contributed by atoms with van der Waals surface area (Å²) in [6, 6.07) is 11.0. The van der Waals surface area contributed by atoms with Gasteiger partial charge >= 0.3 is 0 Å². The van der Waals surface area contributed by atoms with Crippen molar-refractivity contribution < 1.29 is 9.59 Å². The molecule has 9 heteroatoms. The van der Waals surface area contributed by atoms with E-state index in [1.165, 1.54) is 11.8 Å². The number of anilines is 1. The molecule has 7 nitrogen and oxygen atoms in total. The van der Waals surface area contributed by atoms with Gasteiger partial charge < -0.3 is 15.2 Å². The van der Waals surface area contributed by atoms with Crippen LogP contribution < -0.4 is 10.6 Å². The number of carbonyl (C=O) groups is 2. The number of hydrogen-bond acceptors (Lipinski definition) is 5. The maximum atomic E-state index is 12.9. The molecule has 0 spiro atoms. The molecule has 1 atom stereocenters. The van der Waals surface area contributed by atoms with Crippen molar-refractivity contribution >= 4 is 45.2 Å². The Morgan fingerprint density at radius 1 is 1.11 bits per heavy atom. The molecule has 2 N–H and O–H groups in total. The lowest BCUT2D eigenvalue weighted by atomic mass is 10.0. The molecule has 0 aliphatic carbocycles. The van der Waals surface area contributed by atoms with E-state index in [2.05, 4.69) is 43.3 Å². The maximum absolute atomic E-state index is 12.9. The maximum Gasteiger partial charge on any atom is 0.251 e. The Morgan fingerprint density at radius 3 is 2.33 bits per heavy atom. The van der Waals surface area contributed by atoms with Gasteiger partial charge in [0.15, 0.2) is 11.0 Å². The fraction of sp³-hybridized carbons (Fsp3) is 0.333. The lowest BCUT2D eigenvalue weighted by Crippen LogP contribution is -2.33. The lowest BCUT2D eigenvalue weighted by Gasteiger charge is -2.22. The largest absolute Gasteiger partial charge is 0.342 e. The third-order valence-corrected chi connectivity index (χ3v) is 7.12. The minimum Gasteiger partial charge on any atom is -0.342 e. The second kappa shape index (κ2) is 12.4. The third-order valence-electron chi connectivity index (χ3n) is 5.70. The van der Waals surface area contributed by atoms with Crippen LogP contribution in [0.2, 0.25) is 0 Å². The van der Waals surface area contributed by atoms with Crippen LogP contribution in [0.25, 0.3) is 0 Å². The zero-order valence-corrected chi connectivity index (χ0v) is 23.7. The predicted octanol–water partition coefficient (Wildman–Crippen LogP) is 6.01. The molecule has 1 heterocycles. The number of allylic oxidation sites excluding steroid dienone is 1. The van der Waals surface area contributed by atoms with E-state index in [0.717, 1.165) is 26.9 Å². The molecule has 0 saturated carbocycles. The molecule has 0 bridgehead atoms. The van der Waals surface area contributed by atoms with E-state index >= 15 is 0 Å². The Morgan fingerprint density at radius 2 is 1.75 bits per heavy atom. The summed E-state index contributed by atoms with van der Waals surface area (Å²) in [6.07, 6.45) is 1.75. The molecule has 190 valence electrons. The van der Waals surface area contributed by atoms with Gasteiger partial charge in [-0.15, -0.1) is 16.8 Å². The van der Waals surface area contributed by atoms with Crippen molar-refractivity contribution in [2.45, 2.75) is 52.4 Å². The second-order valence-electron chi connectivity index (χ2n) is 9.05. The molecular formula is C27H32BrN5O2S. The average Bonchev–Trinajstić information content (AvgIpc) is 3.21. The zero-order valence-electron chi connectivity index (χ0n) is 21.3. The fourth-order valence-electron chi connectivity index (χ4n) is 3.81. The van der Waals surface area contributed by atoms with Crippen LogP contribution in [0.5, 0.6) is 0 Å². The summed E-state index contributed by atoms with van der Waals surface area (Å²) < 4.78 is 2.88. The Kier molecular flexibility index (Phi) is 9.50. The summed E-state index contributed by atoms with van der Waals surface area (Å²) in [4.78, 5) is 25.7. The highest BCUT2D eigenvalue weighted by Gasteiger charge is 2.26. The number of hydrogen-bond donors (Lipinski definition) is 2. The normalized spacial score (nSPS) is 11.9. The van der Waals surface area contributed by atoms with Gasteiger partial charge in [0.25, 0.3) is 5.91 Å². The topological polar surface area (TPSA) is 88.9 Å². The average molecular weight is 571 g/mol. The molecule has 0 radical (unpaired) electrons. The van der Waals surface area contributed by atoms with E-state index < -0.39 is 0 Å². The number of nitrogens with zero attached hydrogens (tertiary/aromatic N) is 3. The van der Waals surface area contributed by atoms with E-state index in [4.69, 9.17) is 0 Å². The first-order valence-electron chi connectivity index (χ1n) is 11.7. The molecular weight excluding hydrogens is 538 g/mol. The van der Waals surface area contributed by atoms with Crippen molar-refractivity contribution in [2.75, 3.05) is 11.1 Å². The summed E-state index contributed by atoms with van der Waals surface area (Å²) in [6.45, 7) is 14.3. The van der Waals surface area contributed by atoms with Gasteiger partial charge in [0.2, 0.25) is 5.91 Å². The van der Waals surface area contributed by atoms with Crippen molar-refractivity contribution in [3.05, 3.63) is 81.6 Å². The van der Waals surface area contributed by atoms with Gasteiger partial charge in [0, 0.05) is 22.3 Å². The van der Waals surface area contributed by atoms with Crippen molar-refractivity contribution in [1.82, 2.24) is 20.1 Å². The van der Waals surface area contributed by atoms with Crippen LogP contribution in [0.15, 0.2) is 58.7 Å². The van der Waals surface area contributed by atoms with Gasteiger partial charge in [-0.2, -0.15) is 0 Å². The first-order valence-corrected chi connectivity index (χ1v) is 13.5. The van der Waals surface area contributed by atoms with Crippen LogP contribution in [0, 0.1) is 26.7 Å². The van der Waals surface area contributed by atoms with Crippen molar-refractivity contribution in [1.29, 1.82) is 0 Å². The minimum absolute atomic E-state index is 0.0664. The number of thioether (sulfide) groups is 1. The molecule has 2 amide bonds. The number of aryl methyl sites for hydroxylation is 3. The molecule has 36 heavy (non-hydrogen) atoms. The molecule has 0 unspecified atom stereocenters. The van der Waals surface area contributed by atoms with Gasteiger partial charge in [-0.3, -0.25) is 9.59 Å². The van der Waals surface area contributed by atoms with E-state index in [9.17, 15) is 9.59 Å². The Balaban J connectivity index is 1.76. The fourth-order valence-corrected chi connectivity index (χ4v) is 5.25. The summed E-state index contributed by atoms with van der Waals surface area (Å²) in [5, 5.41) is 15.5. The van der Waals surface area contributed by atoms with Crippen LogP contribution in [0.4, 0.5) is 5.69 Å². The molecule has 1 aromatic heterocycles. The highest BCUT2D eigenvalue weighted by molar-refractivity contribution is 9.10. The highest BCUT2D eigenvalue weighted by atomic mass is 79.9.